The number of fused-ring (bicyclic) bond motifs is 1. The first-order chi connectivity index (χ1) is 14.5. The number of hydrogen-bond acceptors (Lipinski definition) is 5. The van der Waals surface area contributed by atoms with Gasteiger partial charge < -0.3 is 9.30 Å². The van der Waals surface area contributed by atoms with E-state index in [1.807, 2.05) is 80.1 Å². The highest BCUT2D eigenvalue weighted by Gasteiger charge is 2.23. The minimum Gasteiger partial charge on any atom is -0.336 e. The highest BCUT2D eigenvalue weighted by molar-refractivity contribution is 7.09. The Morgan fingerprint density at radius 1 is 1.00 bits per heavy atom. The molecule has 3 heterocycles. The maximum absolute atomic E-state index is 13.3. The molecule has 4 aromatic rings. The average Bonchev–Trinajstić information content (AvgIpc) is 3.31. The molecule has 0 fully saturated rings. The summed E-state index contributed by atoms with van der Waals surface area (Å²) < 4.78 is 2.01. The van der Waals surface area contributed by atoms with Crippen LogP contribution in [0.25, 0.3) is 5.65 Å². The number of hydrogen-bond donors (Lipinski definition) is 0. The Morgan fingerprint density at radius 3 is 2.50 bits per heavy atom. The summed E-state index contributed by atoms with van der Waals surface area (Å²) in [5, 5.41) is 3.15. The summed E-state index contributed by atoms with van der Waals surface area (Å²) >= 11 is 1.65. The quantitative estimate of drug-likeness (QED) is 0.454. The fourth-order valence-electron chi connectivity index (χ4n) is 3.55. The number of aromatic nitrogens is 3. The molecule has 0 saturated carbocycles. The molecule has 3 aromatic heterocycles. The second kappa shape index (κ2) is 8.77. The second-order valence-corrected chi connectivity index (χ2v) is 8.58. The van der Waals surface area contributed by atoms with Gasteiger partial charge in [0.05, 0.1) is 16.4 Å². The number of nitrogens with zero attached hydrogens (tertiary/aromatic N) is 5. The molecular weight excluding hydrogens is 394 g/mol. The van der Waals surface area contributed by atoms with E-state index in [-0.39, 0.29) is 5.91 Å². The molecule has 4 rings (SSSR count). The lowest BCUT2D eigenvalue weighted by Gasteiger charge is -2.19. The lowest BCUT2D eigenvalue weighted by atomic mass is 10.2. The standard InChI is InChI=1S/C23H25N5OS/c1-17-24-19(16-30-17)14-26(2)15-20-22(25-21-11-7-8-12-28(20)21)23(29)27(3)13-18-9-5-4-6-10-18/h4-12,16H,13-15H2,1-3H3. The van der Waals surface area contributed by atoms with Crippen molar-refractivity contribution in [2.24, 2.45) is 0 Å². The molecule has 6 nitrogen and oxygen atoms in total. The number of carbonyl (C=O) groups is 1. The number of pyridine rings is 1. The monoisotopic (exact) mass is 419 g/mol. The van der Waals surface area contributed by atoms with Gasteiger partial charge in [-0.15, -0.1) is 11.3 Å². The van der Waals surface area contributed by atoms with E-state index in [0.29, 0.717) is 18.8 Å². The maximum Gasteiger partial charge on any atom is 0.274 e. The molecule has 30 heavy (non-hydrogen) atoms. The summed E-state index contributed by atoms with van der Waals surface area (Å²) in [5.41, 5.74) is 4.31. The number of carbonyl (C=O) groups excluding carboxylic acids is 1. The van der Waals surface area contributed by atoms with Gasteiger partial charge in [0, 0.05) is 38.3 Å². The van der Waals surface area contributed by atoms with E-state index < -0.39 is 0 Å². The van der Waals surface area contributed by atoms with Gasteiger partial charge in [-0.1, -0.05) is 36.4 Å². The molecule has 0 saturated heterocycles. The van der Waals surface area contributed by atoms with Gasteiger partial charge in [0.1, 0.15) is 5.65 Å². The lowest BCUT2D eigenvalue weighted by Crippen LogP contribution is -2.28. The first kappa shape index (κ1) is 20.3. The maximum atomic E-state index is 13.3. The van der Waals surface area contributed by atoms with E-state index in [1.54, 1.807) is 16.2 Å². The van der Waals surface area contributed by atoms with Crippen LogP contribution in [0.4, 0.5) is 0 Å². The van der Waals surface area contributed by atoms with Gasteiger partial charge in [-0.05, 0) is 31.7 Å². The average molecular weight is 420 g/mol. The van der Waals surface area contributed by atoms with Crippen LogP contribution < -0.4 is 0 Å². The minimum absolute atomic E-state index is 0.0737. The first-order valence-corrected chi connectivity index (χ1v) is 10.7. The molecule has 1 aromatic carbocycles. The first-order valence-electron chi connectivity index (χ1n) is 9.86. The van der Waals surface area contributed by atoms with Crippen molar-refractivity contribution >= 4 is 22.9 Å². The number of thiazole rings is 1. The molecule has 1 amide bonds. The zero-order valence-electron chi connectivity index (χ0n) is 17.4. The van der Waals surface area contributed by atoms with Crippen LogP contribution in [0.3, 0.4) is 0 Å². The third-order valence-corrected chi connectivity index (χ3v) is 5.78. The fraction of sp³-hybridized carbons (Fsp3) is 0.261. The SMILES string of the molecule is Cc1nc(CN(C)Cc2c(C(=O)N(C)Cc3ccccc3)nc3ccccn23)cs1. The van der Waals surface area contributed by atoms with E-state index >= 15 is 0 Å². The molecular formula is C23H25N5OS. The van der Waals surface area contributed by atoms with E-state index in [4.69, 9.17) is 0 Å². The van der Waals surface area contributed by atoms with Gasteiger partial charge in [0.15, 0.2) is 5.69 Å². The van der Waals surface area contributed by atoms with Crippen molar-refractivity contribution in [2.75, 3.05) is 14.1 Å². The van der Waals surface area contributed by atoms with Crippen LogP contribution in [0.1, 0.15) is 32.4 Å². The smallest absolute Gasteiger partial charge is 0.274 e. The van der Waals surface area contributed by atoms with Crippen LogP contribution in [0.15, 0.2) is 60.1 Å². The molecule has 0 bridgehead atoms. The predicted octanol–water partition coefficient (Wildman–Crippen LogP) is 4.00. The molecule has 0 radical (unpaired) electrons. The molecule has 154 valence electrons. The zero-order chi connectivity index (χ0) is 21.1. The Bertz CT molecular complexity index is 1150. The Hall–Kier alpha value is -3.03. The molecule has 0 atom stereocenters. The van der Waals surface area contributed by atoms with Crippen LogP contribution in [0, 0.1) is 6.92 Å². The van der Waals surface area contributed by atoms with Gasteiger partial charge in [-0.2, -0.15) is 0 Å². The van der Waals surface area contributed by atoms with Crippen molar-refractivity contribution in [3.8, 4) is 0 Å². The van der Waals surface area contributed by atoms with Crippen molar-refractivity contribution in [1.29, 1.82) is 0 Å². The van der Waals surface area contributed by atoms with Crippen LogP contribution in [0.2, 0.25) is 0 Å². The number of amides is 1. The number of benzene rings is 1. The Labute approximate surface area is 180 Å². The third kappa shape index (κ3) is 4.42. The summed E-state index contributed by atoms with van der Waals surface area (Å²) in [6.45, 7) is 3.87. The topological polar surface area (TPSA) is 53.7 Å². The van der Waals surface area contributed by atoms with Crippen LogP contribution >= 0.6 is 11.3 Å². The third-order valence-electron chi connectivity index (χ3n) is 4.96. The summed E-state index contributed by atoms with van der Waals surface area (Å²) in [6, 6.07) is 15.8. The van der Waals surface area contributed by atoms with Crippen LogP contribution in [0.5, 0.6) is 0 Å². The highest BCUT2D eigenvalue weighted by atomic mass is 32.1. The van der Waals surface area contributed by atoms with Crippen molar-refractivity contribution in [3.05, 3.63) is 87.8 Å². The van der Waals surface area contributed by atoms with Gasteiger partial charge in [0.25, 0.3) is 5.91 Å². The zero-order valence-corrected chi connectivity index (χ0v) is 18.3. The molecule has 0 aliphatic carbocycles. The Morgan fingerprint density at radius 2 is 1.77 bits per heavy atom. The van der Waals surface area contributed by atoms with E-state index in [0.717, 1.165) is 34.2 Å². The van der Waals surface area contributed by atoms with E-state index in [1.165, 1.54) is 0 Å². The second-order valence-electron chi connectivity index (χ2n) is 7.51. The van der Waals surface area contributed by atoms with E-state index in [2.05, 4.69) is 20.2 Å². The van der Waals surface area contributed by atoms with Crippen molar-refractivity contribution in [3.63, 3.8) is 0 Å². The Kier molecular flexibility index (Phi) is 5.92. The van der Waals surface area contributed by atoms with Gasteiger partial charge in [-0.25, -0.2) is 9.97 Å². The summed E-state index contributed by atoms with van der Waals surface area (Å²) in [4.78, 5) is 26.4. The normalized spacial score (nSPS) is 11.3. The van der Waals surface area contributed by atoms with Crippen molar-refractivity contribution in [2.45, 2.75) is 26.6 Å². The van der Waals surface area contributed by atoms with Crippen molar-refractivity contribution < 1.29 is 4.79 Å². The molecule has 0 unspecified atom stereocenters. The number of imidazole rings is 1. The van der Waals surface area contributed by atoms with E-state index in [9.17, 15) is 4.79 Å². The summed E-state index contributed by atoms with van der Waals surface area (Å²) in [7, 11) is 3.86. The van der Waals surface area contributed by atoms with Crippen molar-refractivity contribution in [1.82, 2.24) is 24.2 Å². The van der Waals surface area contributed by atoms with Gasteiger partial charge in [0.2, 0.25) is 0 Å². The molecule has 0 N–H and O–H groups in total. The molecule has 0 aliphatic heterocycles. The molecule has 0 aliphatic rings. The highest BCUT2D eigenvalue weighted by Crippen LogP contribution is 2.19. The number of aryl methyl sites for hydroxylation is 1. The van der Waals surface area contributed by atoms with Crippen LogP contribution in [-0.4, -0.2) is 44.2 Å². The summed E-state index contributed by atoms with van der Waals surface area (Å²) in [6.07, 6.45) is 1.96. The molecule has 0 spiro atoms. The van der Waals surface area contributed by atoms with Gasteiger partial charge >= 0.3 is 0 Å². The van der Waals surface area contributed by atoms with Gasteiger partial charge in [-0.3, -0.25) is 9.69 Å². The largest absolute Gasteiger partial charge is 0.336 e. The molecule has 7 heteroatoms. The minimum atomic E-state index is -0.0737. The summed E-state index contributed by atoms with van der Waals surface area (Å²) in [5.74, 6) is -0.0737. The number of rotatable bonds is 7. The van der Waals surface area contributed by atoms with Crippen LogP contribution in [-0.2, 0) is 19.6 Å². The Balaban J connectivity index is 1.60. The predicted molar refractivity (Wildman–Crippen MR) is 119 cm³/mol. The lowest BCUT2D eigenvalue weighted by molar-refractivity contribution is 0.0777. The fourth-order valence-corrected chi connectivity index (χ4v) is 4.15.